The number of carboxylic acids is 1. The van der Waals surface area contributed by atoms with Crippen LogP contribution in [0.5, 0.6) is 5.75 Å². The van der Waals surface area contributed by atoms with Gasteiger partial charge in [0.1, 0.15) is 5.75 Å². The Kier molecular flexibility index (Phi) is 7.18. The maximum atomic E-state index is 10.8. The zero-order valence-electron chi connectivity index (χ0n) is 21.5. The predicted octanol–water partition coefficient (Wildman–Crippen LogP) is 7.69. The lowest BCUT2D eigenvalue weighted by Gasteiger charge is -2.20. The third-order valence-corrected chi connectivity index (χ3v) is 7.69. The van der Waals surface area contributed by atoms with Gasteiger partial charge in [-0.2, -0.15) is 0 Å². The van der Waals surface area contributed by atoms with E-state index in [-0.39, 0.29) is 12.0 Å². The van der Waals surface area contributed by atoms with E-state index in [2.05, 4.69) is 87.5 Å². The van der Waals surface area contributed by atoms with E-state index in [9.17, 15) is 4.79 Å². The molecule has 35 heavy (non-hydrogen) atoms. The fraction of sp³-hybridized carbons (Fsp3) is 0.367. The van der Waals surface area contributed by atoms with Gasteiger partial charge < -0.3 is 14.1 Å². The molecule has 0 fully saturated rings. The molecule has 0 saturated heterocycles. The van der Waals surface area contributed by atoms with Gasteiger partial charge in [-0.3, -0.25) is 0 Å². The molecule has 1 aliphatic rings. The smallest absolute Gasteiger partial charge is 0.341 e. The van der Waals surface area contributed by atoms with E-state index < -0.39 is 5.97 Å². The summed E-state index contributed by atoms with van der Waals surface area (Å²) in [5.74, 6) is 0.637. The summed E-state index contributed by atoms with van der Waals surface area (Å²) < 4.78 is 7.77. The van der Waals surface area contributed by atoms with Crippen molar-refractivity contribution in [2.45, 2.75) is 57.8 Å². The Hall–Kier alpha value is -2.92. The molecule has 3 aromatic carbocycles. The molecule has 184 valence electrons. The van der Waals surface area contributed by atoms with Gasteiger partial charge in [0.25, 0.3) is 0 Å². The van der Waals surface area contributed by atoms with E-state index >= 15 is 0 Å². The van der Waals surface area contributed by atoms with E-state index in [4.69, 9.17) is 9.84 Å². The van der Waals surface area contributed by atoms with E-state index in [1.165, 1.54) is 27.9 Å². The number of aliphatic carboxylic acids is 1. The number of benzene rings is 3. The summed E-state index contributed by atoms with van der Waals surface area (Å²) in [6.07, 6.45) is 0. The topological polar surface area (TPSA) is 49.8 Å². The Labute approximate surface area is 213 Å². The Bertz CT molecular complexity index is 1210. The summed E-state index contributed by atoms with van der Waals surface area (Å²) in [4.78, 5) is 11.9. The minimum atomic E-state index is -0.972. The third kappa shape index (κ3) is 5.67. The molecule has 4 rings (SSSR count). The molecule has 0 saturated carbocycles. The highest BCUT2D eigenvalue weighted by Crippen LogP contribution is 2.46. The van der Waals surface area contributed by atoms with Gasteiger partial charge in [0, 0.05) is 17.4 Å². The standard InChI is InChI=1S/C30H35NO3S/c1-19(2)26-17-31(35-24-12-14-28(20(3)15-24)34-18-29(32)33)27-13-9-22(16-25(26)27)21-7-10-23(11-8-21)30(4,5)6/h7-16,19,26H,17-18H2,1-6H3,(H,32,33). The molecular formula is C30H35NO3S. The van der Waals surface area contributed by atoms with Crippen molar-refractivity contribution < 1.29 is 14.6 Å². The number of hydrogen-bond donors (Lipinski definition) is 1. The molecule has 5 heteroatoms. The van der Waals surface area contributed by atoms with Crippen LogP contribution in [0.15, 0.2) is 65.6 Å². The van der Waals surface area contributed by atoms with Crippen molar-refractivity contribution in [2.75, 3.05) is 17.5 Å². The number of fused-ring (bicyclic) bond motifs is 1. The monoisotopic (exact) mass is 489 g/mol. The fourth-order valence-corrected chi connectivity index (χ4v) is 5.67. The van der Waals surface area contributed by atoms with Gasteiger partial charge in [0.2, 0.25) is 0 Å². The van der Waals surface area contributed by atoms with Gasteiger partial charge in [0.05, 0.1) is 5.69 Å². The first-order valence-electron chi connectivity index (χ1n) is 12.2. The molecule has 3 aromatic rings. The summed E-state index contributed by atoms with van der Waals surface area (Å²) in [5, 5.41) is 8.87. The molecule has 4 nitrogen and oxygen atoms in total. The second-order valence-electron chi connectivity index (χ2n) is 10.7. The number of hydrogen-bond acceptors (Lipinski definition) is 4. The number of nitrogens with zero attached hydrogens (tertiary/aromatic N) is 1. The van der Waals surface area contributed by atoms with Gasteiger partial charge in [-0.1, -0.05) is 65.0 Å². The Morgan fingerprint density at radius 3 is 2.34 bits per heavy atom. The lowest BCUT2D eigenvalue weighted by atomic mass is 9.85. The van der Waals surface area contributed by atoms with Gasteiger partial charge in [-0.05, 0) is 88.4 Å². The second kappa shape index (κ2) is 9.98. The molecule has 0 aromatic heterocycles. The first kappa shape index (κ1) is 25.2. The summed E-state index contributed by atoms with van der Waals surface area (Å²) in [7, 11) is 0. The molecule has 0 spiro atoms. The SMILES string of the molecule is Cc1cc(SN2CC(C(C)C)c3cc(-c4ccc(C(C)(C)C)cc4)ccc32)ccc1OCC(=O)O. The van der Waals surface area contributed by atoms with Crippen LogP contribution in [-0.2, 0) is 10.2 Å². The van der Waals surface area contributed by atoms with Crippen LogP contribution in [0.4, 0.5) is 5.69 Å². The molecule has 0 radical (unpaired) electrons. The summed E-state index contributed by atoms with van der Waals surface area (Å²) in [5.41, 5.74) is 7.62. The Morgan fingerprint density at radius 1 is 1.06 bits per heavy atom. The number of rotatable bonds is 7. The maximum Gasteiger partial charge on any atom is 0.341 e. The summed E-state index contributed by atoms with van der Waals surface area (Å²) in [6.45, 7) is 13.9. The van der Waals surface area contributed by atoms with Gasteiger partial charge in [-0.15, -0.1) is 0 Å². The minimum absolute atomic E-state index is 0.149. The maximum absolute atomic E-state index is 10.8. The zero-order valence-corrected chi connectivity index (χ0v) is 22.3. The first-order chi connectivity index (χ1) is 16.5. The molecule has 1 N–H and O–H groups in total. The van der Waals surface area contributed by atoms with E-state index in [1.54, 1.807) is 11.9 Å². The van der Waals surface area contributed by atoms with Crippen LogP contribution in [0.3, 0.4) is 0 Å². The highest BCUT2D eigenvalue weighted by molar-refractivity contribution is 8.00. The van der Waals surface area contributed by atoms with E-state index in [0.29, 0.717) is 17.6 Å². The quantitative estimate of drug-likeness (QED) is 0.345. The lowest BCUT2D eigenvalue weighted by Crippen LogP contribution is -2.16. The van der Waals surface area contributed by atoms with Gasteiger partial charge in [-0.25, -0.2) is 4.79 Å². The van der Waals surface area contributed by atoms with Crippen LogP contribution >= 0.6 is 11.9 Å². The normalized spacial score (nSPS) is 15.4. The lowest BCUT2D eigenvalue weighted by molar-refractivity contribution is -0.139. The zero-order chi connectivity index (χ0) is 25.3. The van der Waals surface area contributed by atoms with Crippen LogP contribution in [0.1, 0.15) is 57.2 Å². The highest BCUT2D eigenvalue weighted by atomic mass is 32.2. The van der Waals surface area contributed by atoms with Crippen molar-refractivity contribution in [1.29, 1.82) is 0 Å². The van der Waals surface area contributed by atoms with Crippen molar-refractivity contribution in [1.82, 2.24) is 0 Å². The first-order valence-corrected chi connectivity index (χ1v) is 13.0. The summed E-state index contributed by atoms with van der Waals surface area (Å²) in [6, 6.07) is 21.8. The largest absolute Gasteiger partial charge is 0.482 e. The van der Waals surface area contributed by atoms with Crippen LogP contribution in [0.2, 0.25) is 0 Å². The van der Waals surface area contributed by atoms with Crippen molar-refractivity contribution >= 4 is 23.6 Å². The number of carboxylic acid groups (broad SMARTS) is 1. The molecule has 1 atom stereocenters. The van der Waals surface area contributed by atoms with E-state index in [0.717, 1.165) is 17.0 Å². The molecule has 1 unspecified atom stereocenters. The molecular weight excluding hydrogens is 454 g/mol. The number of carbonyl (C=O) groups is 1. The molecule has 1 aliphatic heterocycles. The van der Waals surface area contributed by atoms with Crippen LogP contribution in [-0.4, -0.2) is 24.2 Å². The number of aryl methyl sites for hydroxylation is 1. The predicted molar refractivity (Wildman–Crippen MR) is 146 cm³/mol. The summed E-state index contributed by atoms with van der Waals surface area (Å²) >= 11 is 1.73. The Morgan fingerprint density at radius 2 is 1.74 bits per heavy atom. The molecule has 0 aliphatic carbocycles. The minimum Gasteiger partial charge on any atom is -0.482 e. The average molecular weight is 490 g/mol. The van der Waals surface area contributed by atoms with Crippen LogP contribution < -0.4 is 9.04 Å². The molecule has 1 heterocycles. The number of ether oxygens (including phenoxy) is 1. The van der Waals surface area contributed by atoms with E-state index in [1.807, 2.05) is 19.1 Å². The van der Waals surface area contributed by atoms with Crippen LogP contribution in [0.25, 0.3) is 11.1 Å². The number of anilines is 1. The van der Waals surface area contributed by atoms with Crippen LogP contribution in [0, 0.1) is 12.8 Å². The van der Waals surface area contributed by atoms with Crippen molar-refractivity contribution in [3.63, 3.8) is 0 Å². The average Bonchev–Trinajstić information content (AvgIpc) is 3.16. The highest BCUT2D eigenvalue weighted by Gasteiger charge is 2.32. The third-order valence-electron chi connectivity index (χ3n) is 6.66. The van der Waals surface area contributed by atoms with Crippen molar-refractivity contribution in [2.24, 2.45) is 5.92 Å². The second-order valence-corrected chi connectivity index (χ2v) is 11.8. The molecule has 0 amide bonds. The van der Waals surface area contributed by atoms with Gasteiger partial charge in [0.15, 0.2) is 6.61 Å². The fourth-order valence-electron chi connectivity index (χ4n) is 4.56. The van der Waals surface area contributed by atoms with Crippen molar-refractivity contribution in [3.05, 3.63) is 77.4 Å². The molecule has 0 bridgehead atoms. The van der Waals surface area contributed by atoms with Crippen molar-refractivity contribution in [3.8, 4) is 16.9 Å². The van der Waals surface area contributed by atoms with Gasteiger partial charge >= 0.3 is 5.97 Å². The Balaban J connectivity index is 1.58.